The highest BCUT2D eigenvalue weighted by molar-refractivity contribution is 6.00. The number of hydrogen-bond donors (Lipinski definition) is 2. The van der Waals surface area contributed by atoms with Crippen molar-refractivity contribution in [2.24, 2.45) is 5.92 Å². The molecule has 34 heavy (non-hydrogen) atoms. The quantitative estimate of drug-likeness (QED) is 0.548. The van der Waals surface area contributed by atoms with E-state index in [1.54, 1.807) is 25.7 Å². The first-order valence-electron chi connectivity index (χ1n) is 12.0. The third kappa shape index (κ3) is 5.98. The average Bonchev–Trinajstić information content (AvgIpc) is 3.13. The highest BCUT2D eigenvalue weighted by atomic mass is 16.5. The molecular weight excluding hydrogens is 434 g/mol. The highest BCUT2D eigenvalue weighted by Gasteiger charge is 2.31. The van der Waals surface area contributed by atoms with Crippen LogP contribution in [-0.2, 0) is 16.0 Å². The van der Waals surface area contributed by atoms with Gasteiger partial charge in [0, 0.05) is 25.3 Å². The molecule has 1 unspecified atom stereocenters. The molecule has 1 aliphatic heterocycles. The van der Waals surface area contributed by atoms with E-state index in [2.05, 4.69) is 10.3 Å². The van der Waals surface area contributed by atoms with Gasteiger partial charge in [-0.3, -0.25) is 9.59 Å². The van der Waals surface area contributed by atoms with Crippen molar-refractivity contribution in [3.05, 3.63) is 52.3 Å². The number of aromatic nitrogens is 1. The first kappa shape index (κ1) is 25.3. The fourth-order valence-electron chi connectivity index (χ4n) is 4.40. The van der Waals surface area contributed by atoms with Gasteiger partial charge in [-0.25, -0.2) is 4.79 Å². The maximum absolute atomic E-state index is 13.2. The number of hydrogen-bond acceptors (Lipinski definition) is 5. The fraction of sp³-hybridized carbons (Fsp3) is 0.500. The molecule has 0 spiro atoms. The maximum atomic E-state index is 13.2. The standard InChI is InChI=1S/C26H35N3O5/c1-5-33-21-11-9-19(10-12-21)13-14-27-24(30)20-8-7-15-29(16-20)25(31)23-17(3)22(18(4)28-23)26(32)34-6-2/h9-12,20,28H,5-8,13-16H2,1-4H3,(H,27,30). The summed E-state index contributed by atoms with van der Waals surface area (Å²) in [6.45, 7) is 9.59. The molecule has 2 heterocycles. The third-order valence-electron chi connectivity index (χ3n) is 6.16. The Morgan fingerprint density at radius 2 is 1.85 bits per heavy atom. The molecule has 1 fully saturated rings. The molecule has 8 nitrogen and oxygen atoms in total. The highest BCUT2D eigenvalue weighted by Crippen LogP contribution is 2.24. The number of ether oxygens (including phenoxy) is 2. The first-order chi connectivity index (χ1) is 16.3. The summed E-state index contributed by atoms with van der Waals surface area (Å²) in [5.74, 6) is -0.0719. The van der Waals surface area contributed by atoms with Gasteiger partial charge in [-0.05, 0) is 70.2 Å². The van der Waals surface area contributed by atoms with Gasteiger partial charge in [0.15, 0.2) is 0 Å². The Morgan fingerprint density at radius 1 is 1.12 bits per heavy atom. The monoisotopic (exact) mass is 469 g/mol. The lowest BCUT2D eigenvalue weighted by atomic mass is 9.96. The number of amides is 2. The van der Waals surface area contributed by atoms with Crippen LogP contribution in [0.25, 0.3) is 0 Å². The van der Waals surface area contributed by atoms with Crippen molar-refractivity contribution in [3.8, 4) is 5.75 Å². The lowest BCUT2D eigenvalue weighted by Crippen LogP contribution is -2.46. The largest absolute Gasteiger partial charge is 0.494 e. The van der Waals surface area contributed by atoms with Gasteiger partial charge >= 0.3 is 5.97 Å². The van der Waals surface area contributed by atoms with Crippen molar-refractivity contribution in [2.45, 2.75) is 47.0 Å². The van der Waals surface area contributed by atoms with Gasteiger partial charge in [0.05, 0.1) is 24.7 Å². The van der Waals surface area contributed by atoms with Gasteiger partial charge in [-0.15, -0.1) is 0 Å². The fourth-order valence-corrected chi connectivity index (χ4v) is 4.40. The zero-order valence-electron chi connectivity index (χ0n) is 20.5. The minimum atomic E-state index is -0.434. The van der Waals surface area contributed by atoms with E-state index in [1.165, 1.54) is 0 Å². The van der Waals surface area contributed by atoms with Crippen LogP contribution in [0.1, 0.15) is 64.4 Å². The van der Waals surface area contributed by atoms with E-state index in [9.17, 15) is 14.4 Å². The van der Waals surface area contributed by atoms with Crippen molar-refractivity contribution >= 4 is 17.8 Å². The average molecular weight is 470 g/mol. The number of aromatic amines is 1. The van der Waals surface area contributed by atoms with Crippen LogP contribution in [0, 0.1) is 19.8 Å². The summed E-state index contributed by atoms with van der Waals surface area (Å²) in [5.41, 5.74) is 3.12. The zero-order chi connectivity index (χ0) is 24.7. The molecule has 1 aromatic carbocycles. The molecule has 1 aromatic heterocycles. The molecule has 0 saturated carbocycles. The molecule has 8 heteroatoms. The second kappa shape index (κ2) is 11.7. The Bertz CT molecular complexity index is 1010. The molecule has 184 valence electrons. The van der Waals surface area contributed by atoms with Crippen molar-refractivity contribution in [1.29, 1.82) is 0 Å². The normalized spacial score (nSPS) is 15.6. The predicted octanol–water partition coefficient (Wildman–Crippen LogP) is 3.42. The van der Waals surface area contributed by atoms with E-state index in [-0.39, 0.29) is 24.3 Å². The number of rotatable bonds is 9. The van der Waals surface area contributed by atoms with Crippen LogP contribution in [0.5, 0.6) is 5.75 Å². The molecule has 1 atom stereocenters. The number of nitrogens with one attached hydrogen (secondary N) is 2. The number of nitrogens with zero attached hydrogens (tertiary/aromatic N) is 1. The van der Waals surface area contributed by atoms with E-state index in [1.807, 2.05) is 31.2 Å². The Hall–Kier alpha value is -3.29. The number of esters is 1. The zero-order valence-corrected chi connectivity index (χ0v) is 20.5. The second-order valence-corrected chi connectivity index (χ2v) is 8.55. The summed E-state index contributed by atoms with van der Waals surface area (Å²) in [6.07, 6.45) is 2.23. The number of carbonyl (C=O) groups is 3. The summed E-state index contributed by atoms with van der Waals surface area (Å²) in [5, 5.41) is 3.02. The first-order valence-corrected chi connectivity index (χ1v) is 12.0. The van der Waals surface area contributed by atoms with Crippen LogP contribution in [-0.4, -0.2) is 60.5 Å². The lowest BCUT2D eigenvalue weighted by Gasteiger charge is -2.32. The van der Waals surface area contributed by atoms with E-state index >= 15 is 0 Å². The molecule has 3 rings (SSSR count). The smallest absolute Gasteiger partial charge is 0.340 e. The Balaban J connectivity index is 1.56. The van der Waals surface area contributed by atoms with Crippen molar-refractivity contribution in [1.82, 2.24) is 15.2 Å². The second-order valence-electron chi connectivity index (χ2n) is 8.55. The van der Waals surface area contributed by atoms with E-state index in [0.717, 1.165) is 30.6 Å². The van der Waals surface area contributed by atoms with Gasteiger partial charge in [0.25, 0.3) is 5.91 Å². The van der Waals surface area contributed by atoms with Crippen molar-refractivity contribution < 1.29 is 23.9 Å². The van der Waals surface area contributed by atoms with Gasteiger partial charge in [0.1, 0.15) is 11.4 Å². The number of likely N-dealkylation sites (tertiary alicyclic amines) is 1. The van der Waals surface area contributed by atoms with Gasteiger partial charge < -0.3 is 24.7 Å². The molecule has 0 aliphatic carbocycles. The molecule has 0 bridgehead atoms. The Labute approximate surface area is 201 Å². The molecule has 1 saturated heterocycles. The molecule has 0 radical (unpaired) electrons. The minimum absolute atomic E-state index is 0.0324. The maximum Gasteiger partial charge on any atom is 0.340 e. The molecule has 2 aromatic rings. The predicted molar refractivity (Wildman–Crippen MR) is 129 cm³/mol. The minimum Gasteiger partial charge on any atom is -0.494 e. The van der Waals surface area contributed by atoms with E-state index in [0.29, 0.717) is 48.8 Å². The molecular formula is C26H35N3O5. The molecule has 2 N–H and O–H groups in total. The number of benzene rings is 1. The van der Waals surface area contributed by atoms with Crippen LogP contribution >= 0.6 is 0 Å². The van der Waals surface area contributed by atoms with E-state index in [4.69, 9.17) is 9.47 Å². The third-order valence-corrected chi connectivity index (χ3v) is 6.16. The lowest BCUT2D eigenvalue weighted by molar-refractivity contribution is -0.126. The summed E-state index contributed by atoms with van der Waals surface area (Å²) >= 11 is 0. The van der Waals surface area contributed by atoms with E-state index < -0.39 is 5.97 Å². The van der Waals surface area contributed by atoms with Crippen molar-refractivity contribution in [2.75, 3.05) is 32.8 Å². The van der Waals surface area contributed by atoms with Crippen LogP contribution in [0.3, 0.4) is 0 Å². The van der Waals surface area contributed by atoms with Crippen molar-refractivity contribution in [3.63, 3.8) is 0 Å². The summed E-state index contributed by atoms with van der Waals surface area (Å²) < 4.78 is 10.6. The van der Waals surface area contributed by atoms with Crippen LogP contribution in [0.15, 0.2) is 24.3 Å². The molecule has 2 amide bonds. The summed E-state index contributed by atoms with van der Waals surface area (Å²) in [6, 6.07) is 7.87. The SMILES string of the molecule is CCOC(=O)c1c(C)[nH]c(C(=O)N2CCCC(C(=O)NCCc3ccc(OCC)cc3)C2)c1C. The summed E-state index contributed by atoms with van der Waals surface area (Å²) in [4.78, 5) is 43.0. The van der Waals surface area contributed by atoms with Gasteiger partial charge in [-0.1, -0.05) is 12.1 Å². The van der Waals surface area contributed by atoms with Crippen LogP contribution in [0.4, 0.5) is 0 Å². The Kier molecular flexibility index (Phi) is 8.73. The number of piperidine rings is 1. The topological polar surface area (TPSA) is 101 Å². The van der Waals surface area contributed by atoms with Gasteiger partial charge in [0.2, 0.25) is 5.91 Å². The van der Waals surface area contributed by atoms with Gasteiger partial charge in [-0.2, -0.15) is 0 Å². The number of carbonyl (C=O) groups excluding carboxylic acids is 3. The van der Waals surface area contributed by atoms with Crippen LogP contribution in [0.2, 0.25) is 0 Å². The number of aryl methyl sites for hydroxylation is 1. The molecule has 1 aliphatic rings. The van der Waals surface area contributed by atoms with Crippen LogP contribution < -0.4 is 10.1 Å². The Morgan fingerprint density at radius 3 is 2.53 bits per heavy atom. The summed E-state index contributed by atoms with van der Waals surface area (Å²) in [7, 11) is 0. The number of H-pyrrole nitrogens is 1.